The van der Waals surface area contributed by atoms with Gasteiger partial charge in [-0.25, -0.2) is 0 Å². The van der Waals surface area contributed by atoms with E-state index in [4.69, 9.17) is 0 Å². The van der Waals surface area contributed by atoms with Crippen LogP contribution in [0.3, 0.4) is 0 Å². The molecule has 2 heteroatoms. The molecule has 2 aliphatic rings. The third kappa shape index (κ3) is 4.29. The van der Waals surface area contributed by atoms with Gasteiger partial charge in [-0.2, -0.15) is 0 Å². The molecule has 1 fully saturated rings. The topological polar surface area (TPSA) is 15.3 Å². The highest BCUT2D eigenvalue weighted by atomic mass is 15.1. The molecule has 0 aromatic carbocycles. The molecule has 0 saturated carbocycles. The smallest absolute Gasteiger partial charge is 0.0160 e. The molecule has 1 saturated heterocycles. The van der Waals surface area contributed by atoms with Gasteiger partial charge in [0, 0.05) is 12.6 Å². The van der Waals surface area contributed by atoms with E-state index in [2.05, 4.69) is 28.9 Å². The Morgan fingerprint density at radius 1 is 1.24 bits per heavy atom. The molecule has 1 heterocycles. The van der Waals surface area contributed by atoms with Crippen molar-refractivity contribution in [1.29, 1.82) is 0 Å². The standard InChI is InChI=1S/C15H26N2/c1-2-10-17-11-8-15(9-12-17)16-13-14-6-4-3-5-7-14/h2-4,14-16H,1,5-13H2/t14-/m1/s1. The molecule has 1 N–H and O–H groups in total. The Kier molecular flexibility index (Phi) is 5.27. The van der Waals surface area contributed by atoms with E-state index < -0.39 is 0 Å². The zero-order chi connectivity index (χ0) is 11.9. The van der Waals surface area contributed by atoms with Crippen molar-refractivity contribution >= 4 is 0 Å². The quantitative estimate of drug-likeness (QED) is 0.736. The van der Waals surface area contributed by atoms with Gasteiger partial charge in [-0.05, 0) is 57.7 Å². The molecule has 1 aliphatic heterocycles. The van der Waals surface area contributed by atoms with E-state index in [-0.39, 0.29) is 0 Å². The third-order valence-electron chi connectivity index (χ3n) is 4.05. The Morgan fingerprint density at radius 2 is 2.06 bits per heavy atom. The van der Waals surface area contributed by atoms with Gasteiger partial charge in [-0.3, -0.25) is 4.90 Å². The van der Waals surface area contributed by atoms with E-state index in [0.29, 0.717) is 0 Å². The summed E-state index contributed by atoms with van der Waals surface area (Å²) in [6.45, 7) is 8.54. The fourth-order valence-electron chi connectivity index (χ4n) is 2.88. The zero-order valence-corrected chi connectivity index (χ0v) is 10.9. The lowest BCUT2D eigenvalue weighted by atomic mass is 9.93. The molecule has 0 amide bonds. The molecule has 0 spiro atoms. The predicted molar refractivity (Wildman–Crippen MR) is 74.1 cm³/mol. The van der Waals surface area contributed by atoms with E-state index >= 15 is 0 Å². The Balaban J connectivity index is 1.61. The van der Waals surface area contributed by atoms with Gasteiger partial charge in [0.1, 0.15) is 0 Å². The maximum absolute atomic E-state index is 3.81. The lowest BCUT2D eigenvalue weighted by molar-refractivity contribution is 0.210. The van der Waals surface area contributed by atoms with Crippen molar-refractivity contribution in [3.05, 3.63) is 24.8 Å². The van der Waals surface area contributed by atoms with Crippen LogP contribution in [-0.4, -0.2) is 37.1 Å². The Hall–Kier alpha value is -0.600. The highest BCUT2D eigenvalue weighted by molar-refractivity contribution is 4.91. The van der Waals surface area contributed by atoms with Gasteiger partial charge in [-0.1, -0.05) is 18.2 Å². The number of allylic oxidation sites excluding steroid dienone is 2. The number of likely N-dealkylation sites (tertiary alicyclic amines) is 1. The van der Waals surface area contributed by atoms with Crippen LogP contribution in [0, 0.1) is 5.92 Å². The molecule has 0 unspecified atom stereocenters. The minimum atomic E-state index is 0.752. The highest BCUT2D eigenvalue weighted by Crippen LogP contribution is 2.18. The first-order valence-electron chi connectivity index (χ1n) is 7.10. The van der Waals surface area contributed by atoms with Crippen LogP contribution < -0.4 is 5.32 Å². The van der Waals surface area contributed by atoms with Crippen molar-refractivity contribution in [2.24, 2.45) is 5.92 Å². The number of rotatable bonds is 5. The number of hydrogen-bond donors (Lipinski definition) is 1. The third-order valence-corrected chi connectivity index (χ3v) is 4.05. The molecule has 0 radical (unpaired) electrons. The van der Waals surface area contributed by atoms with Crippen molar-refractivity contribution in [3.63, 3.8) is 0 Å². The maximum Gasteiger partial charge on any atom is 0.0160 e. The van der Waals surface area contributed by atoms with E-state index in [1.165, 1.54) is 51.7 Å². The van der Waals surface area contributed by atoms with Gasteiger partial charge in [0.05, 0.1) is 0 Å². The van der Waals surface area contributed by atoms with Gasteiger partial charge in [0.25, 0.3) is 0 Å². The first-order chi connectivity index (χ1) is 8.38. The lowest BCUT2D eigenvalue weighted by Crippen LogP contribution is -2.43. The van der Waals surface area contributed by atoms with Crippen LogP contribution in [0.25, 0.3) is 0 Å². The SMILES string of the molecule is C=CCN1CCC(NC[C@@H]2CC=CCC2)CC1. The van der Waals surface area contributed by atoms with Gasteiger partial charge < -0.3 is 5.32 Å². The molecular formula is C15H26N2. The zero-order valence-electron chi connectivity index (χ0n) is 10.9. The van der Waals surface area contributed by atoms with Gasteiger partial charge in [-0.15, -0.1) is 6.58 Å². The van der Waals surface area contributed by atoms with Crippen molar-refractivity contribution in [2.45, 2.75) is 38.1 Å². The second-order valence-electron chi connectivity index (χ2n) is 5.42. The Bertz CT molecular complexity index is 252. The summed E-state index contributed by atoms with van der Waals surface area (Å²) in [5, 5.41) is 3.77. The maximum atomic E-state index is 3.81. The van der Waals surface area contributed by atoms with Crippen LogP contribution in [0.4, 0.5) is 0 Å². The van der Waals surface area contributed by atoms with Crippen LogP contribution >= 0.6 is 0 Å². The molecule has 0 aromatic heterocycles. The molecule has 2 rings (SSSR count). The largest absolute Gasteiger partial charge is 0.314 e. The average Bonchev–Trinajstić information content (AvgIpc) is 2.40. The van der Waals surface area contributed by atoms with Gasteiger partial charge in [0.2, 0.25) is 0 Å². The predicted octanol–water partition coefficient (Wildman–Crippen LogP) is 2.58. The Labute approximate surface area is 106 Å². The summed E-state index contributed by atoms with van der Waals surface area (Å²) in [5.41, 5.74) is 0. The van der Waals surface area contributed by atoms with Gasteiger partial charge in [0.15, 0.2) is 0 Å². The van der Waals surface area contributed by atoms with Crippen molar-refractivity contribution in [2.75, 3.05) is 26.2 Å². The monoisotopic (exact) mass is 234 g/mol. The minimum Gasteiger partial charge on any atom is -0.314 e. The van der Waals surface area contributed by atoms with Gasteiger partial charge >= 0.3 is 0 Å². The molecule has 0 bridgehead atoms. The fourth-order valence-corrected chi connectivity index (χ4v) is 2.88. The first kappa shape index (κ1) is 12.8. The Morgan fingerprint density at radius 3 is 2.71 bits per heavy atom. The number of nitrogens with zero attached hydrogens (tertiary/aromatic N) is 1. The molecule has 96 valence electrons. The van der Waals surface area contributed by atoms with Crippen LogP contribution in [0.15, 0.2) is 24.8 Å². The van der Waals surface area contributed by atoms with Crippen LogP contribution in [0.5, 0.6) is 0 Å². The summed E-state index contributed by atoms with van der Waals surface area (Å²) in [6, 6.07) is 0.752. The van der Waals surface area contributed by atoms with Crippen LogP contribution in [0.1, 0.15) is 32.1 Å². The molecule has 2 nitrogen and oxygen atoms in total. The van der Waals surface area contributed by atoms with E-state index in [1.807, 2.05) is 6.08 Å². The molecule has 0 aromatic rings. The first-order valence-corrected chi connectivity index (χ1v) is 7.10. The molecular weight excluding hydrogens is 208 g/mol. The lowest BCUT2D eigenvalue weighted by Gasteiger charge is -2.32. The van der Waals surface area contributed by atoms with Crippen molar-refractivity contribution in [3.8, 4) is 0 Å². The number of piperidine rings is 1. The van der Waals surface area contributed by atoms with Crippen LogP contribution in [-0.2, 0) is 0 Å². The second kappa shape index (κ2) is 6.97. The van der Waals surface area contributed by atoms with E-state index in [1.54, 1.807) is 0 Å². The minimum absolute atomic E-state index is 0.752. The molecule has 17 heavy (non-hydrogen) atoms. The normalized spacial score (nSPS) is 27.2. The summed E-state index contributed by atoms with van der Waals surface area (Å²) in [7, 11) is 0. The van der Waals surface area contributed by atoms with Crippen molar-refractivity contribution < 1.29 is 0 Å². The fraction of sp³-hybridized carbons (Fsp3) is 0.733. The molecule has 1 atom stereocenters. The summed E-state index contributed by atoms with van der Waals surface area (Å²) in [6.07, 6.45) is 13.2. The molecule has 1 aliphatic carbocycles. The summed E-state index contributed by atoms with van der Waals surface area (Å²) in [4.78, 5) is 2.49. The van der Waals surface area contributed by atoms with E-state index in [9.17, 15) is 0 Å². The van der Waals surface area contributed by atoms with Crippen molar-refractivity contribution in [1.82, 2.24) is 10.2 Å². The number of hydrogen-bond acceptors (Lipinski definition) is 2. The summed E-state index contributed by atoms with van der Waals surface area (Å²) in [5.74, 6) is 0.881. The number of nitrogens with one attached hydrogen (secondary N) is 1. The highest BCUT2D eigenvalue weighted by Gasteiger charge is 2.19. The second-order valence-corrected chi connectivity index (χ2v) is 5.42. The summed E-state index contributed by atoms with van der Waals surface area (Å²) < 4.78 is 0. The van der Waals surface area contributed by atoms with E-state index in [0.717, 1.165) is 18.5 Å². The summed E-state index contributed by atoms with van der Waals surface area (Å²) >= 11 is 0. The van der Waals surface area contributed by atoms with Crippen LogP contribution in [0.2, 0.25) is 0 Å². The average molecular weight is 234 g/mol.